The summed E-state index contributed by atoms with van der Waals surface area (Å²) in [5.74, 6) is 2.28. The van der Waals surface area contributed by atoms with Gasteiger partial charge in [-0.3, -0.25) is 0 Å². The van der Waals surface area contributed by atoms with Gasteiger partial charge in [-0.25, -0.2) is 0 Å². The largest absolute Gasteiger partial charge is 0.497 e. The van der Waals surface area contributed by atoms with Gasteiger partial charge in [-0.15, -0.1) is 0 Å². The van der Waals surface area contributed by atoms with E-state index in [1.807, 2.05) is 0 Å². The predicted molar refractivity (Wildman–Crippen MR) is 89.0 cm³/mol. The molecule has 0 aliphatic heterocycles. The second-order valence-corrected chi connectivity index (χ2v) is 5.07. The molecule has 0 saturated heterocycles. The molecule has 0 aliphatic carbocycles. The molecule has 0 spiro atoms. The summed E-state index contributed by atoms with van der Waals surface area (Å²) in [5, 5.41) is 20.1. The first-order valence-corrected chi connectivity index (χ1v) is 7.44. The van der Waals surface area contributed by atoms with Crippen LogP contribution in [0.5, 0.6) is 23.0 Å². The van der Waals surface area contributed by atoms with Gasteiger partial charge in [0.05, 0.1) is 27.9 Å². The molecule has 0 bridgehead atoms. The highest BCUT2D eigenvalue weighted by Gasteiger charge is 2.23. The van der Waals surface area contributed by atoms with E-state index in [4.69, 9.17) is 18.9 Å². The van der Waals surface area contributed by atoms with Crippen molar-refractivity contribution >= 4 is 0 Å². The number of hydrogen-bond acceptors (Lipinski definition) is 6. The summed E-state index contributed by atoms with van der Waals surface area (Å²) in [6.45, 7) is -0.346. The molecular formula is C18H22O6. The molecule has 2 aromatic carbocycles. The molecule has 24 heavy (non-hydrogen) atoms. The Hall–Kier alpha value is -2.44. The van der Waals surface area contributed by atoms with Crippen LogP contribution in [-0.4, -0.2) is 44.3 Å². The maximum absolute atomic E-state index is 10.5. The van der Waals surface area contributed by atoms with Crippen molar-refractivity contribution in [3.63, 3.8) is 0 Å². The molecular weight excluding hydrogens is 312 g/mol. The van der Waals surface area contributed by atoms with Gasteiger partial charge < -0.3 is 29.2 Å². The summed E-state index contributed by atoms with van der Waals surface area (Å²) in [7, 11) is 4.63. The molecule has 2 N–H and O–H groups in total. The Morgan fingerprint density at radius 2 is 1.46 bits per heavy atom. The van der Waals surface area contributed by atoms with Crippen molar-refractivity contribution in [1.29, 1.82) is 0 Å². The van der Waals surface area contributed by atoms with Gasteiger partial charge in [-0.1, -0.05) is 6.07 Å². The van der Waals surface area contributed by atoms with Gasteiger partial charge in [0.15, 0.2) is 17.6 Å². The van der Waals surface area contributed by atoms with E-state index in [0.29, 0.717) is 28.6 Å². The summed E-state index contributed by atoms with van der Waals surface area (Å²) in [5.41, 5.74) is 0.556. The third-order valence-corrected chi connectivity index (χ3v) is 3.63. The molecule has 0 saturated carbocycles. The summed E-state index contributed by atoms with van der Waals surface area (Å²) >= 11 is 0. The lowest BCUT2D eigenvalue weighted by molar-refractivity contribution is 0.000645. The first kappa shape index (κ1) is 17.9. The molecule has 0 aliphatic rings. The van der Waals surface area contributed by atoms with E-state index in [9.17, 15) is 10.2 Å². The molecule has 2 rings (SSSR count). The molecule has 2 aromatic rings. The zero-order valence-electron chi connectivity index (χ0n) is 13.9. The summed E-state index contributed by atoms with van der Waals surface area (Å²) in [6, 6.07) is 12.0. The van der Waals surface area contributed by atoms with Crippen LogP contribution in [0.25, 0.3) is 0 Å². The van der Waals surface area contributed by atoms with E-state index < -0.39 is 12.2 Å². The van der Waals surface area contributed by atoms with Crippen molar-refractivity contribution in [1.82, 2.24) is 0 Å². The standard InChI is InChI=1S/C18H22O6/c1-21-13-5-7-14(8-6-13)24-17(11-19)18(20)12-4-9-15(22-2)16(10-12)23-3/h4-10,17-20H,11H2,1-3H3. The predicted octanol–water partition coefficient (Wildman–Crippen LogP) is 2.19. The molecule has 0 amide bonds. The van der Waals surface area contributed by atoms with Crippen LogP contribution in [0.15, 0.2) is 42.5 Å². The first-order chi connectivity index (χ1) is 11.6. The molecule has 130 valence electrons. The van der Waals surface area contributed by atoms with E-state index in [2.05, 4.69) is 0 Å². The fourth-order valence-electron chi connectivity index (χ4n) is 2.28. The van der Waals surface area contributed by atoms with Crippen LogP contribution >= 0.6 is 0 Å². The van der Waals surface area contributed by atoms with Crippen molar-refractivity contribution in [2.24, 2.45) is 0 Å². The van der Waals surface area contributed by atoms with E-state index >= 15 is 0 Å². The van der Waals surface area contributed by atoms with Crippen LogP contribution in [-0.2, 0) is 0 Å². The number of ether oxygens (including phenoxy) is 4. The molecule has 6 nitrogen and oxygen atoms in total. The quantitative estimate of drug-likeness (QED) is 0.770. The Labute approximate surface area is 141 Å². The molecule has 2 atom stereocenters. The maximum atomic E-state index is 10.5. The van der Waals surface area contributed by atoms with Crippen LogP contribution in [0.4, 0.5) is 0 Å². The lowest BCUT2D eigenvalue weighted by Crippen LogP contribution is -2.29. The SMILES string of the molecule is COc1ccc(OC(CO)C(O)c2ccc(OC)c(OC)c2)cc1. The summed E-state index contributed by atoms with van der Waals surface area (Å²) < 4.78 is 21.2. The van der Waals surface area contributed by atoms with Gasteiger partial charge in [-0.05, 0) is 42.0 Å². The van der Waals surface area contributed by atoms with Crippen LogP contribution in [0.2, 0.25) is 0 Å². The maximum Gasteiger partial charge on any atom is 0.161 e. The van der Waals surface area contributed by atoms with E-state index in [-0.39, 0.29) is 6.61 Å². The zero-order valence-corrected chi connectivity index (χ0v) is 13.9. The molecule has 6 heteroatoms. The van der Waals surface area contributed by atoms with Crippen molar-refractivity contribution in [3.8, 4) is 23.0 Å². The monoisotopic (exact) mass is 334 g/mol. The first-order valence-electron chi connectivity index (χ1n) is 7.44. The van der Waals surface area contributed by atoms with Gasteiger partial charge in [0.1, 0.15) is 17.6 Å². The Bertz CT molecular complexity index is 640. The number of hydrogen-bond donors (Lipinski definition) is 2. The van der Waals surface area contributed by atoms with E-state index in [1.165, 1.54) is 14.2 Å². The second-order valence-electron chi connectivity index (χ2n) is 5.07. The number of aliphatic hydroxyl groups excluding tert-OH is 2. The van der Waals surface area contributed by atoms with Gasteiger partial charge in [0, 0.05) is 0 Å². The number of methoxy groups -OCH3 is 3. The third kappa shape index (κ3) is 4.10. The Balaban J connectivity index is 2.16. The minimum atomic E-state index is -1.03. The summed E-state index contributed by atoms with van der Waals surface area (Å²) in [6.07, 6.45) is -1.85. The average molecular weight is 334 g/mol. The lowest BCUT2D eigenvalue weighted by Gasteiger charge is -2.23. The molecule has 0 aromatic heterocycles. The second kappa shape index (κ2) is 8.42. The zero-order chi connectivity index (χ0) is 17.5. The van der Waals surface area contributed by atoms with Crippen LogP contribution in [0.1, 0.15) is 11.7 Å². The normalized spacial score (nSPS) is 13.0. The highest BCUT2D eigenvalue weighted by Crippen LogP contribution is 2.32. The minimum Gasteiger partial charge on any atom is -0.497 e. The highest BCUT2D eigenvalue weighted by atomic mass is 16.5. The molecule has 2 unspecified atom stereocenters. The van der Waals surface area contributed by atoms with Gasteiger partial charge >= 0.3 is 0 Å². The van der Waals surface area contributed by atoms with Crippen molar-refractivity contribution in [2.45, 2.75) is 12.2 Å². The number of benzene rings is 2. The van der Waals surface area contributed by atoms with E-state index in [1.54, 1.807) is 49.6 Å². The third-order valence-electron chi connectivity index (χ3n) is 3.63. The molecule has 0 radical (unpaired) electrons. The Kier molecular flexibility index (Phi) is 6.28. The van der Waals surface area contributed by atoms with Crippen molar-refractivity contribution in [3.05, 3.63) is 48.0 Å². The van der Waals surface area contributed by atoms with E-state index in [0.717, 1.165) is 0 Å². The smallest absolute Gasteiger partial charge is 0.161 e. The summed E-state index contributed by atoms with van der Waals surface area (Å²) in [4.78, 5) is 0. The van der Waals surface area contributed by atoms with Crippen molar-refractivity contribution in [2.75, 3.05) is 27.9 Å². The highest BCUT2D eigenvalue weighted by molar-refractivity contribution is 5.43. The average Bonchev–Trinajstić information content (AvgIpc) is 2.65. The Morgan fingerprint density at radius 3 is 2.00 bits per heavy atom. The van der Waals surface area contributed by atoms with Crippen LogP contribution in [0.3, 0.4) is 0 Å². The fraction of sp³-hybridized carbons (Fsp3) is 0.333. The lowest BCUT2D eigenvalue weighted by atomic mass is 10.0. The van der Waals surface area contributed by atoms with Gasteiger partial charge in [0.25, 0.3) is 0 Å². The minimum absolute atomic E-state index is 0.346. The number of aliphatic hydroxyl groups is 2. The van der Waals surface area contributed by atoms with Crippen molar-refractivity contribution < 1.29 is 29.2 Å². The van der Waals surface area contributed by atoms with Crippen LogP contribution < -0.4 is 18.9 Å². The van der Waals surface area contributed by atoms with Crippen LogP contribution in [0, 0.1) is 0 Å². The van der Waals surface area contributed by atoms with Gasteiger partial charge in [0.2, 0.25) is 0 Å². The van der Waals surface area contributed by atoms with Gasteiger partial charge in [-0.2, -0.15) is 0 Å². The molecule has 0 heterocycles. The Morgan fingerprint density at radius 1 is 0.833 bits per heavy atom. The molecule has 0 fully saturated rings. The fourth-order valence-corrected chi connectivity index (χ4v) is 2.28. The topological polar surface area (TPSA) is 77.4 Å². The number of rotatable bonds is 8.